The van der Waals surface area contributed by atoms with Gasteiger partial charge in [-0.3, -0.25) is 0 Å². The number of halogens is 1. The van der Waals surface area contributed by atoms with Crippen molar-refractivity contribution in [3.05, 3.63) is 17.0 Å². The quantitative estimate of drug-likeness (QED) is 0.763. The molecule has 0 atom stereocenters. The van der Waals surface area contributed by atoms with E-state index < -0.39 is 0 Å². The maximum atomic E-state index is 4.07. The third kappa shape index (κ3) is 1.89. The molecule has 1 heterocycles. The molecule has 0 spiro atoms. The molecule has 0 radical (unpaired) electrons. The first-order valence-corrected chi connectivity index (χ1v) is 4.38. The second-order valence-corrected chi connectivity index (χ2v) is 3.46. The summed E-state index contributed by atoms with van der Waals surface area (Å²) in [6.07, 6.45) is 4.08. The molecule has 1 aromatic heterocycles. The fourth-order valence-electron chi connectivity index (χ4n) is 0.849. The lowest BCUT2D eigenvalue weighted by Crippen LogP contribution is -2.02. The zero-order valence-electron chi connectivity index (χ0n) is 5.92. The van der Waals surface area contributed by atoms with E-state index in [1.807, 2.05) is 6.07 Å². The van der Waals surface area contributed by atoms with E-state index in [0.717, 1.165) is 10.4 Å². The number of anilines is 1. The van der Waals surface area contributed by atoms with E-state index in [1.165, 1.54) is 12.8 Å². The molecule has 1 fully saturated rings. The maximum Gasteiger partial charge on any atom is 0.130 e. The van der Waals surface area contributed by atoms with Crippen molar-refractivity contribution in [2.24, 2.45) is 0 Å². The maximum absolute atomic E-state index is 4.07. The van der Waals surface area contributed by atoms with E-state index in [4.69, 9.17) is 0 Å². The Hall–Kier alpha value is -0.640. The molecule has 0 aromatic carbocycles. The second-order valence-electron chi connectivity index (χ2n) is 2.64. The Morgan fingerprint density at radius 2 is 2.27 bits per heavy atom. The molecule has 58 valence electrons. The van der Waals surface area contributed by atoms with Gasteiger partial charge in [0.25, 0.3) is 0 Å². The van der Waals surface area contributed by atoms with Gasteiger partial charge in [0.15, 0.2) is 0 Å². The van der Waals surface area contributed by atoms with Crippen molar-refractivity contribution in [3.8, 4) is 0 Å². The van der Waals surface area contributed by atoms with E-state index >= 15 is 0 Å². The van der Waals surface area contributed by atoms with Crippen molar-refractivity contribution in [2.75, 3.05) is 5.32 Å². The zero-order valence-corrected chi connectivity index (χ0v) is 7.50. The summed E-state index contributed by atoms with van der Waals surface area (Å²) >= 11 is 3.28. The summed E-state index contributed by atoms with van der Waals surface area (Å²) in [5.41, 5.74) is 0. The molecular formula is C7H8BrN3. The SMILES string of the molecule is Brc1cc(NC2CC2)ncn1. The van der Waals surface area contributed by atoms with E-state index in [2.05, 4.69) is 31.2 Å². The topological polar surface area (TPSA) is 37.8 Å². The van der Waals surface area contributed by atoms with Crippen molar-refractivity contribution in [1.82, 2.24) is 9.97 Å². The fourth-order valence-corrected chi connectivity index (χ4v) is 1.16. The molecule has 0 bridgehead atoms. The third-order valence-corrected chi connectivity index (χ3v) is 2.00. The third-order valence-electron chi connectivity index (χ3n) is 1.56. The molecule has 1 aromatic rings. The van der Waals surface area contributed by atoms with Gasteiger partial charge in [-0.25, -0.2) is 9.97 Å². The highest BCUT2D eigenvalue weighted by atomic mass is 79.9. The summed E-state index contributed by atoms with van der Waals surface area (Å²) in [4.78, 5) is 8.00. The minimum atomic E-state index is 0.650. The Labute approximate surface area is 73.4 Å². The molecule has 4 heteroatoms. The highest BCUT2D eigenvalue weighted by molar-refractivity contribution is 9.10. The second kappa shape index (κ2) is 2.77. The summed E-state index contributed by atoms with van der Waals surface area (Å²) in [5, 5.41) is 3.28. The standard InChI is InChI=1S/C7H8BrN3/c8-6-3-7(10-4-9-6)11-5-1-2-5/h3-5H,1-2H2,(H,9,10,11). The van der Waals surface area contributed by atoms with Gasteiger partial charge in [0, 0.05) is 12.1 Å². The first-order valence-electron chi connectivity index (χ1n) is 3.59. The van der Waals surface area contributed by atoms with Gasteiger partial charge in [0.1, 0.15) is 16.7 Å². The van der Waals surface area contributed by atoms with E-state index in [0.29, 0.717) is 6.04 Å². The molecule has 1 aliphatic rings. The first-order chi connectivity index (χ1) is 5.34. The Balaban J connectivity index is 2.10. The summed E-state index contributed by atoms with van der Waals surface area (Å²) in [6.45, 7) is 0. The lowest BCUT2D eigenvalue weighted by Gasteiger charge is -2.01. The summed E-state index contributed by atoms with van der Waals surface area (Å²) in [5.74, 6) is 0.911. The number of aromatic nitrogens is 2. The molecule has 1 saturated carbocycles. The monoisotopic (exact) mass is 213 g/mol. The predicted molar refractivity (Wildman–Crippen MR) is 46.4 cm³/mol. The van der Waals surface area contributed by atoms with Gasteiger partial charge in [-0.2, -0.15) is 0 Å². The van der Waals surface area contributed by atoms with Crippen LogP contribution in [0.2, 0.25) is 0 Å². The number of nitrogens with zero attached hydrogens (tertiary/aromatic N) is 2. The number of hydrogen-bond donors (Lipinski definition) is 1. The average Bonchev–Trinajstić information content (AvgIpc) is 2.71. The normalized spacial score (nSPS) is 16.5. The smallest absolute Gasteiger partial charge is 0.130 e. The molecule has 0 unspecified atom stereocenters. The Morgan fingerprint density at radius 3 is 2.91 bits per heavy atom. The molecule has 3 nitrogen and oxygen atoms in total. The first kappa shape index (κ1) is 7.03. The summed E-state index contributed by atoms with van der Waals surface area (Å²) in [7, 11) is 0. The fraction of sp³-hybridized carbons (Fsp3) is 0.429. The molecule has 11 heavy (non-hydrogen) atoms. The van der Waals surface area contributed by atoms with Crippen LogP contribution in [0.25, 0.3) is 0 Å². The molecule has 0 aliphatic heterocycles. The van der Waals surface area contributed by atoms with Crippen molar-refractivity contribution in [1.29, 1.82) is 0 Å². The van der Waals surface area contributed by atoms with Gasteiger partial charge in [0.2, 0.25) is 0 Å². The Morgan fingerprint density at radius 1 is 1.45 bits per heavy atom. The van der Waals surface area contributed by atoms with Gasteiger partial charge in [-0.15, -0.1) is 0 Å². The summed E-state index contributed by atoms with van der Waals surface area (Å²) in [6, 6.07) is 2.54. The predicted octanol–water partition coefficient (Wildman–Crippen LogP) is 1.81. The van der Waals surface area contributed by atoms with Crippen molar-refractivity contribution < 1.29 is 0 Å². The van der Waals surface area contributed by atoms with E-state index in [9.17, 15) is 0 Å². The van der Waals surface area contributed by atoms with Crippen molar-refractivity contribution in [3.63, 3.8) is 0 Å². The molecule has 1 aliphatic carbocycles. The van der Waals surface area contributed by atoms with Crippen LogP contribution in [-0.4, -0.2) is 16.0 Å². The van der Waals surface area contributed by atoms with Crippen LogP contribution in [0.15, 0.2) is 17.0 Å². The Kier molecular flexibility index (Phi) is 1.77. The molecule has 0 saturated heterocycles. The van der Waals surface area contributed by atoms with Crippen molar-refractivity contribution in [2.45, 2.75) is 18.9 Å². The van der Waals surface area contributed by atoms with E-state index in [-0.39, 0.29) is 0 Å². The van der Waals surface area contributed by atoms with Gasteiger partial charge in [-0.05, 0) is 28.8 Å². The minimum absolute atomic E-state index is 0.650. The zero-order chi connectivity index (χ0) is 7.68. The van der Waals surface area contributed by atoms with Gasteiger partial charge in [0.05, 0.1) is 0 Å². The van der Waals surface area contributed by atoms with Crippen LogP contribution >= 0.6 is 15.9 Å². The van der Waals surface area contributed by atoms with Crippen LogP contribution in [0.3, 0.4) is 0 Å². The lowest BCUT2D eigenvalue weighted by molar-refractivity contribution is 1.07. The van der Waals surface area contributed by atoms with Crippen LogP contribution in [0.4, 0.5) is 5.82 Å². The number of rotatable bonds is 2. The van der Waals surface area contributed by atoms with Crippen LogP contribution < -0.4 is 5.32 Å². The van der Waals surface area contributed by atoms with E-state index in [1.54, 1.807) is 6.33 Å². The van der Waals surface area contributed by atoms with Crippen LogP contribution in [0.5, 0.6) is 0 Å². The van der Waals surface area contributed by atoms with Crippen LogP contribution in [-0.2, 0) is 0 Å². The molecule has 2 rings (SSSR count). The Bertz CT molecular complexity index is 260. The van der Waals surface area contributed by atoms with Crippen LogP contribution in [0.1, 0.15) is 12.8 Å². The number of nitrogens with one attached hydrogen (secondary N) is 1. The highest BCUT2D eigenvalue weighted by Gasteiger charge is 2.21. The van der Waals surface area contributed by atoms with Gasteiger partial charge in [-0.1, -0.05) is 0 Å². The largest absolute Gasteiger partial charge is 0.367 e. The molecule has 0 amide bonds. The van der Waals surface area contributed by atoms with Gasteiger partial charge >= 0.3 is 0 Å². The molecular weight excluding hydrogens is 206 g/mol. The van der Waals surface area contributed by atoms with Crippen LogP contribution in [0, 0.1) is 0 Å². The minimum Gasteiger partial charge on any atom is -0.367 e. The summed E-state index contributed by atoms with van der Waals surface area (Å²) < 4.78 is 0.829. The highest BCUT2D eigenvalue weighted by Crippen LogP contribution is 2.23. The van der Waals surface area contributed by atoms with Crippen molar-refractivity contribution >= 4 is 21.7 Å². The lowest BCUT2D eigenvalue weighted by atomic mass is 10.5. The average molecular weight is 214 g/mol. The number of hydrogen-bond acceptors (Lipinski definition) is 3. The molecule has 1 N–H and O–H groups in total. The van der Waals surface area contributed by atoms with Gasteiger partial charge < -0.3 is 5.32 Å².